The van der Waals surface area contributed by atoms with Crippen LogP contribution >= 0.6 is 0 Å². The van der Waals surface area contributed by atoms with Crippen molar-refractivity contribution in [3.05, 3.63) is 53.1 Å². The molecule has 2 amide bonds. The number of hydrogen-bond donors (Lipinski definition) is 1. The lowest BCUT2D eigenvalue weighted by Crippen LogP contribution is -2.40. The number of carbonyl (C=O) groups excluding carboxylic acids is 2. The summed E-state index contributed by atoms with van der Waals surface area (Å²) in [5, 5.41) is 7.19. The molecule has 4 rings (SSSR count). The maximum atomic E-state index is 13.1. The Morgan fingerprint density at radius 1 is 1.07 bits per heavy atom. The number of ether oxygens (including phenoxy) is 1. The van der Waals surface area contributed by atoms with E-state index in [1.54, 1.807) is 15.9 Å². The van der Waals surface area contributed by atoms with Gasteiger partial charge in [-0.25, -0.2) is 4.39 Å². The number of nitrogens with zero attached hydrogens (tertiary/aromatic N) is 3. The molecule has 2 aromatic rings. The maximum Gasteiger partial charge on any atom is 0.274 e. The molecule has 28 heavy (non-hydrogen) atoms. The minimum absolute atomic E-state index is 0.0943. The molecule has 1 N–H and O–H groups in total. The first-order valence-corrected chi connectivity index (χ1v) is 9.59. The van der Waals surface area contributed by atoms with Gasteiger partial charge in [0.25, 0.3) is 11.8 Å². The van der Waals surface area contributed by atoms with Crippen molar-refractivity contribution < 1.29 is 18.7 Å². The zero-order valence-electron chi connectivity index (χ0n) is 15.6. The predicted octanol–water partition coefficient (Wildman–Crippen LogP) is 2.04. The van der Waals surface area contributed by atoms with Gasteiger partial charge in [0.05, 0.1) is 13.2 Å². The van der Waals surface area contributed by atoms with Gasteiger partial charge in [-0.2, -0.15) is 5.10 Å². The minimum atomic E-state index is -0.358. The molecule has 3 heterocycles. The third-order valence-electron chi connectivity index (χ3n) is 5.35. The molecule has 0 unspecified atom stereocenters. The van der Waals surface area contributed by atoms with Crippen molar-refractivity contribution in [2.45, 2.75) is 18.8 Å². The summed E-state index contributed by atoms with van der Waals surface area (Å²) < 4.78 is 18.4. The summed E-state index contributed by atoms with van der Waals surface area (Å²) in [6.45, 7) is 3.46. The Bertz CT molecular complexity index is 845. The van der Waals surface area contributed by atoms with E-state index < -0.39 is 0 Å². The second-order valence-electron chi connectivity index (χ2n) is 7.21. The normalized spacial score (nSPS) is 20.2. The fraction of sp³-hybridized carbons (Fsp3) is 0.450. The average Bonchev–Trinajstić information content (AvgIpc) is 3.24. The zero-order valence-corrected chi connectivity index (χ0v) is 15.6. The quantitative estimate of drug-likeness (QED) is 0.876. The van der Waals surface area contributed by atoms with Crippen molar-refractivity contribution in [2.75, 3.05) is 39.4 Å². The van der Waals surface area contributed by atoms with Gasteiger partial charge in [0, 0.05) is 43.4 Å². The first-order chi connectivity index (χ1) is 13.6. The van der Waals surface area contributed by atoms with Gasteiger partial charge in [-0.1, -0.05) is 0 Å². The molecule has 1 aromatic carbocycles. The van der Waals surface area contributed by atoms with Crippen molar-refractivity contribution in [3.63, 3.8) is 0 Å². The summed E-state index contributed by atoms with van der Waals surface area (Å²) in [5.74, 6) is -0.463. The lowest BCUT2D eigenvalue weighted by atomic mass is 9.94. The lowest BCUT2D eigenvalue weighted by Gasteiger charge is -2.32. The van der Waals surface area contributed by atoms with Crippen LogP contribution in [0, 0.1) is 5.82 Å². The molecule has 8 heteroatoms. The molecule has 0 radical (unpaired) electrons. The van der Waals surface area contributed by atoms with Gasteiger partial charge < -0.3 is 14.5 Å². The topological polar surface area (TPSA) is 78.5 Å². The highest BCUT2D eigenvalue weighted by atomic mass is 19.1. The monoisotopic (exact) mass is 386 g/mol. The fourth-order valence-corrected chi connectivity index (χ4v) is 3.77. The number of carbonyl (C=O) groups is 2. The van der Waals surface area contributed by atoms with Crippen LogP contribution in [0.25, 0.3) is 0 Å². The Hall–Kier alpha value is -2.74. The lowest BCUT2D eigenvalue weighted by molar-refractivity contribution is 0.0299. The third kappa shape index (κ3) is 3.91. The third-order valence-corrected chi connectivity index (χ3v) is 5.35. The second-order valence-corrected chi connectivity index (χ2v) is 7.21. The van der Waals surface area contributed by atoms with Crippen molar-refractivity contribution >= 4 is 11.8 Å². The highest BCUT2D eigenvalue weighted by molar-refractivity contribution is 5.94. The number of piperidine rings is 1. The van der Waals surface area contributed by atoms with Gasteiger partial charge in [0.2, 0.25) is 0 Å². The van der Waals surface area contributed by atoms with Gasteiger partial charge in [-0.15, -0.1) is 0 Å². The Balaban J connectivity index is 1.43. The number of amides is 2. The van der Waals surface area contributed by atoms with Crippen LogP contribution in [0.2, 0.25) is 0 Å². The van der Waals surface area contributed by atoms with Crippen LogP contribution in [0.15, 0.2) is 30.3 Å². The molecule has 2 saturated heterocycles. The average molecular weight is 386 g/mol. The van der Waals surface area contributed by atoms with Crippen LogP contribution in [0.3, 0.4) is 0 Å². The van der Waals surface area contributed by atoms with Gasteiger partial charge in [-0.3, -0.25) is 14.7 Å². The summed E-state index contributed by atoms with van der Waals surface area (Å²) in [6, 6.07) is 7.42. The molecule has 2 aliphatic heterocycles. The largest absolute Gasteiger partial charge is 0.378 e. The number of aromatic nitrogens is 2. The number of aromatic amines is 1. The Kier molecular flexibility index (Phi) is 5.38. The molecule has 0 saturated carbocycles. The molecule has 7 nitrogen and oxygen atoms in total. The van der Waals surface area contributed by atoms with Gasteiger partial charge in [0.15, 0.2) is 0 Å². The molecule has 148 valence electrons. The molecule has 2 fully saturated rings. The molecule has 0 aliphatic carbocycles. The van der Waals surface area contributed by atoms with Crippen LogP contribution in [0.4, 0.5) is 4.39 Å². The molecule has 2 aliphatic rings. The highest BCUT2D eigenvalue weighted by Crippen LogP contribution is 2.27. The van der Waals surface area contributed by atoms with Crippen LogP contribution in [0.1, 0.15) is 45.3 Å². The number of rotatable bonds is 3. The van der Waals surface area contributed by atoms with Crippen LogP contribution in [0.5, 0.6) is 0 Å². The van der Waals surface area contributed by atoms with E-state index in [2.05, 4.69) is 10.2 Å². The highest BCUT2D eigenvalue weighted by Gasteiger charge is 2.28. The number of hydrogen-bond acceptors (Lipinski definition) is 4. The van der Waals surface area contributed by atoms with E-state index in [1.165, 1.54) is 24.3 Å². The van der Waals surface area contributed by atoms with E-state index in [-0.39, 0.29) is 23.5 Å². The van der Waals surface area contributed by atoms with Crippen molar-refractivity contribution in [3.8, 4) is 0 Å². The number of benzene rings is 1. The second kappa shape index (κ2) is 8.10. The van der Waals surface area contributed by atoms with Crippen molar-refractivity contribution in [1.29, 1.82) is 0 Å². The Morgan fingerprint density at radius 2 is 1.82 bits per heavy atom. The van der Waals surface area contributed by atoms with Crippen molar-refractivity contribution in [1.82, 2.24) is 20.0 Å². The van der Waals surface area contributed by atoms with E-state index in [4.69, 9.17) is 4.74 Å². The minimum Gasteiger partial charge on any atom is -0.378 e. The summed E-state index contributed by atoms with van der Waals surface area (Å²) >= 11 is 0. The molecular weight excluding hydrogens is 363 g/mol. The molecule has 1 aromatic heterocycles. The number of morpholine rings is 1. The Morgan fingerprint density at radius 3 is 2.57 bits per heavy atom. The van der Waals surface area contributed by atoms with E-state index in [0.717, 1.165) is 18.5 Å². The standard InChI is InChI=1S/C20H23FN4O3/c21-16-5-3-14(4-6-16)19(26)25-7-1-2-15(13-25)17-12-18(23-22-17)20(27)24-8-10-28-11-9-24/h3-6,12,15H,1-2,7-11,13H2,(H,22,23)/t15-/m0/s1. The van der Waals surface area contributed by atoms with Crippen LogP contribution in [-0.4, -0.2) is 71.2 Å². The Labute approximate surface area is 162 Å². The number of likely N-dealkylation sites (tertiary alicyclic amines) is 1. The number of H-pyrrole nitrogens is 1. The van der Waals surface area contributed by atoms with E-state index in [0.29, 0.717) is 50.7 Å². The summed E-state index contributed by atoms with van der Waals surface area (Å²) in [4.78, 5) is 28.8. The van der Waals surface area contributed by atoms with E-state index in [1.807, 2.05) is 0 Å². The molecule has 0 bridgehead atoms. The first-order valence-electron chi connectivity index (χ1n) is 9.59. The van der Waals surface area contributed by atoms with Gasteiger partial charge in [-0.05, 0) is 43.2 Å². The van der Waals surface area contributed by atoms with Gasteiger partial charge in [0.1, 0.15) is 11.5 Å². The van der Waals surface area contributed by atoms with E-state index >= 15 is 0 Å². The molecule has 1 atom stereocenters. The summed E-state index contributed by atoms with van der Waals surface area (Å²) in [6.07, 6.45) is 1.78. The first kappa shape index (κ1) is 18.6. The number of halogens is 1. The fourth-order valence-electron chi connectivity index (χ4n) is 3.77. The van der Waals surface area contributed by atoms with E-state index in [9.17, 15) is 14.0 Å². The molecule has 0 spiro atoms. The summed E-state index contributed by atoms with van der Waals surface area (Å²) in [7, 11) is 0. The smallest absolute Gasteiger partial charge is 0.274 e. The zero-order chi connectivity index (χ0) is 19.5. The maximum absolute atomic E-state index is 13.1. The van der Waals surface area contributed by atoms with Crippen LogP contribution < -0.4 is 0 Å². The van der Waals surface area contributed by atoms with Crippen LogP contribution in [-0.2, 0) is 4.74 Å². The molecular formula is C20H23FN4O3. The van der Waals surface area contributed by atoms with Crippen molar-refractivity contribution in [2.24, 2.45) is 0 Å². The SMILES string of the molecule is O=C(c1ccc(F)cc1)N1CCC[C@H](c2cc(C(=O)N3CCOCC3)n[nH]2)C1. The predicted molar refractivity (Wildman–Crippen MR) is 99.6 cm³/mol. The summed E-state index contributed by atoms with van der Waals surface area (Å²) in [5.41, 5.74) is 1.75. The number of nitrogens with one attached hydrogen (secondary N) is 1. The van der Waals surface area contributed by atoms with Gasteiger partial charge >= 0.3 is 0 Å².